The Kier molecular flexibility index (Phi) is 8.45. The van der Waals surface area contributed by atoms with E-state index in [0.717, 1.165) is 12.0 Å². The summed E-state index contributed by atoms with van der Waals surface area (Å²) in [6.07, 6.45) is 0.875. The molecule has 7 heteroatoms. The number of benzene rings is 2. The Labute approximate surface area is 198 Å². The molecule has 3 rings (SSSR count). The zero-order valence-corrected chi connectivity index (χ0v) is 20.1. The number of nitrogens with one attached hydrogen (secondary N) is 1. The van der Waals surface area contributed by atoms with E-state index in [-0.39, 0.29) is 24.4 Å². The SMILES string of the molecule is C[C@H](Cc1cccs1)N(CC(=O)Nc1ccc(C(=O)N(C)C)cc1)Cc1ccc(Cl)cc1. The number of thiophene rings is 1. The summed E-state index contributed by atoms with van der Waals surface area (Å²) < 4.78 is 0. The van der Waals surface area contributed by atoms with Crippen molar-refractivity contribution >= 4 is 40.4 Å². The van der Waals surface area contributed by atoms with Crippen molar-refractivity contribution in [3.05, 3.63) is 87.1 Å². The molecule has 0 radical (unpaired) electrons. The summed E-state index contributed by atoms with van der Waals surface area (Å²) in [5.41, 5.74) is 2.36. The number of carbonyl (C=O) groups is 2. The van der Waals surface area contributed by atoms with Crippen LogP contribution < -0.4 is 5.32 Å². The Hall–Kier alpha value is -2.67. The van der Waals surface area contributed by atoms with E-state index < -0.39 is 0 Å². The van der Waals surface area contributed by atoms with Gasteiger partial charge < -0.3 is 10.2 Å². The van der Waals surface area contributed by atoms with Crippen molar-refractivity contribution in [2.24, 2.45) is 0 Å². The molecular formula is C25H28ClN3O2S. The fourth-order valence-corrected chi connectivity index (χ4v) is 4.33. The van der Waals surface area contributed by atoms with Crippen LogP contribution in [0.4, 0.5) is 5.69 Å². The minimum atomic E-state index is -0.0938. The van der Waals surface area contributed by atoms with Gasteiger partial charge in [-0.3, -0.25) is 14.5 Å². The molecule has 1 aromatic heterocycles. The summed E-state index contributed by atoms with van der Waals surface area (Å²) in [6, 6.07) is 19.0. The predicted molar refractivity (Wildman–Crippen MR) is 132 cm³/mol. The van der Waals surface area contributed by atoms with Gasteiger partial charge in [-0.15, -0.1) is 11.3 Å². The third-order valence-electron chi connectivity index (χ3n) is 5.17. The first-order valence-electron chi connectivity index (χ1n) is 10.4. The Morgan fingerprint density at radius 1 is 1.03 bits per heavy atom. The van der Waals surface area contributed by atoms with Gasteiger partial charge in [-0.2, -0.15) is 0 Å². The highest BCUT2D eigenvalue weighted by atomic mass is 35.5. The normalized spacial score (nSPS) is 11.9. The van der Waals surface area contributed by atoms with Crippen molar-refractivity contribution in [1.82, 2.24) is 9.80 Å². The average Bonchev–Trinajstić information content (AvgIpc) is 3.27. The smallest absolute Gasteiger partial charge is 0.253 e. The second-order valence-corrected chi connectivity index (χ2v) is 9.46. The van der Waals surface area contributed by atoms with Gasteiger partial charge in [0, 0.05) is 47.8 Å². The molecule has 2 aromatic carbocycles. The molecule has 1 N–H and O–H groups in total. The van der Waals surface area contributed by atoms with Gasteiger partial charge in [0.25, 0.3) is 5.91 Å². The Bertz CT molecular complexity index is 1020. The van der Waals surface area contributed by atoms with Crippen molar-refractivity contribution in [3.8, 4) is 0 Å². The highest BCUT2D eigenvalue weighted by molar-refractivity contribution is 7.09. The van der Waals surface area contributed by atoms with E-state index in [9.17, 15) is 9.59 Å². The lowest BCUT2D eigenvalue weighted by atomic mass is 10.1. The molecule has 1 atom stereocenters. The van der Waals surface area contributed by atoms with Crippen LogP contribution in [0.5, 0.6) is 0 Å². The largest absolute Gasteiger partial charge is 0.345 e. The minimum absolute atomic E-state index is 0.0700. The number of carbonyl (C=O) groups excluding carboxylic acids is 2. The molecule has 1 heterocycles. The Morgan fingerprint density at radius 3 is 2.31 bits per heavy atom. The van der Waals surface area contributed by atoms with Crippen LogP contribution in [0.15, 0.2) is 66.0 Å². The minimum Gasteiger partial charge on any atom is -0.345 e. The molecule has 3 aromatic rings. The maximum absolute atomic E-state index is 12.9. The van der Waals surface area contributed by atoms with Gasteiger partial charge in [-0.25, -0.2) is 0 Å². The van der Waals surface area contributed by atoms with Crippen LogP contribution in [-0.4, -0.2) is 48.3 Å². The molecule has 5 nitrogen and oxygen atoms in total. The van der Waals surface area contributed by atoms with E-state index in [0.29, 0.717) is 22.8 Å². The van der Waals surface area contributed by atoms with Crippen LogP contribution in [-0.2, 0) is 17.8 Å². The average molecular weight is 470 g/mol. The Balaban J connectivity index is 1.67. The van der Waals surface area contributed by atoms with Gasteiger partial charge in [-0.1, -0.05) is 29.8 Å². The number of nitrogens with zero attached hydrogens (tertiary/aromatic N) is 2. The lowest BCUT2D eigenvalue weighted by molar-refractivity contribution is -0.118. The summed E-state index contributed by atoms with van der Waals surface area (Å²) in [6.45, 7) is 3.05. The number of halogens is 1. The third-order valence-corrected chi connectivity index (χ3v) is 6.32. The molecule has 0 fully saturated rings. The van der Waals surface area contributed by atoms with Crippen LogP contribution in [0.1, 0.15) is 27.7 Å². The molecule has 168 valence electrons. The zero-order chi connectivity index (χ0) is 23.1. The van der Waals surface area contributed by atoms with E-state index >= 15 is 0 Å². The number of hydrogen-bond donors (Lipinski definition) is 1. The highest BCUT2D eigenvalue weighted by Crippen LogP contribution is 2.18. The van der Waals surface area contributed by atoms with E-state index in [4.69, 9.17) is 11.6 Å². The van der Waals surface area contributed by atoms with Crippen LogP contribution >= 0.6 is 22.9 Å². The number of rotatable bonds is 9. The molecule has 0 saturated heterocycles. The van der Waals surface area contributed by atoms with Crippen LogP contribution in [0.2, 0.25) is 5.02 Å². The van der Waals surface area contributed by atoms with Gasteiger partial charge >= 0.3 is 0 Å². The highest BCUT2D eigenvalue weighted by Gasteiger charge is 2.19. The second-order valence-electron chi connectivity index (χ2n) is 7.99. The molecule has 0 aliphatic heterocycles. The topological polar surface area (TPSA) is 52.7 Å². The first kappa shape index (κ1) is 24.0. The number of hydrogen-bond acceptors (Lipinski definition) is 4. The van der Waals surface area contributed by atoms with Crippen LogP contribution in [0.3, 0.4) is 0 Å². The van der Waals surface area contributed by atoms with E-state index in [1.54, 1.807) is 49.7 Å². The number of anilines is 1. The molecule has 0 saturated carbocycles. The van der Waals surface area contributed by atoms with Crippen molar-refractivity contribution in [2.45, 2.75) is 25.9 Å². The summed E-state index contributed by atoms with van der Waals surface area (Å²) in [5.74, 6) is -0.164. The monoisotopic (exact) mass is 469 g/mol. The van der Waals surface area contributed by atoms with Crippen LogP contribution in [0, 0.1) is 0 Å². The quantitative estimate of drug-likeness (QED) is 0.470. The summed E-state index contributed by atoms with van der Waals surface area (Å²) in [5, 5.41) is 5.72. The third kappa shape index (κ3) is 6.92. The van der Waals surface area contributed by atoms with Gasteiger partial charge in [0.2, 0.25) is 5.91 Å². The maximum atomic E-state index is 12.9. The fraction of sp³-hybridized carbons (Fsp3) is 0.280. The lowest BCUT2D eigenvalue weighted by Gasteiger charge is -2.28. The van der Waals surface area contributed by atoms with Crippen molar-refractivity contribution < 1.29 is 9.59 Å². The second kappa shape index (κ2) is 11.3. The predicted octanol–water partition coefficient (Wildman–Crippen LogP) is 5.18. The zero-order valence-electron chi connectivity index (χ0n) is 18.5. The molecule has 0 bridgehead atoms. The molecule has 0 aliphatic rings. The molecule has 2 amide bonds. The summed E-state index contributed by atoms with van der Waals surface area (Å²) in [7, 11) is 3.43. The van der Waals surface area contributed by atoms with Crippen molar-refractivity contribution in [1.29, 1.82) is 0 Å². The van der Waals surface area contributed by atoms with Gasteiger partial charge in [0.1, 0.15) is 0 Å². The molecule has 0 unspecified atom stereocenters. The number of amides is 2. The van der Waals surface area contributed by atoms with E-state index in [1.165, 1.54) is 9.78 Å². The van der Waals surface area contributed by atoms with Crippen molar-refractivity contribution in [3.63, 3.8) is 0 Å². The van der Waals surface area contributed by atoms with Gasteiger partial charge in [-0.05, 0) is 66.8 Å². The first-order chi connectivity index (χ1) is 15.3. The van der Waals surface area contributed by atoms with Crippen LogP contribution in [0.25, 0.3) is 0 Å². The standard InChI is InChI=1S/C25H28ClN3O2S/c1-18(15-23-5-4-14-32-23)29(16-19-6-10-21(26)11-7-19)17-24(30)27-22-12-8-20(9-13-22)25(31)28(2)3/h4-14,18H,15-17H2,1-3H3,(H,27,30)/t18-/m1/s1. The van der Waals surface area contributed by atoms with Gasteiger partial charge in [0.15, 0.2) is 0 Å². The maximum Gasteiger partial charge on any atom is 0.253 e. The van der Waals surface area contributed by atoms with E-state index in [1.807, 2.05) is 30.3 Å². The first-order valence-corrected chi connectivity index (χ1v) is 11.7. The van der Waals surface area contributed by atoms with E-state index in [2.05, 4.69) is 28.6 Å². The fourth-order valence-electron chi connectivity index (χ4n) is 3.38. The molecular weight excluding hydrogens is 442 g/mol. The summed E-state index contributed by atoms with van der Waals surface area (Å²) in [4.78, 5) is 29.9. The summed E-state index contributed by atoms with van der Waals surface area (Å²) >= 11 is 7.76. The van der Waals surface area contributed by atoms with Crippen molar-refractivity contribution in [2.75, 3.05) is 26.0 Å². The molecule has 0 spiro atoms. The molecule has 0 aliphatic carbocycles. The molecule has 32 heavy (non-hydrogen) atoms. The Morgan fingerprint density at radius 2 is 1.72 bits per heavy atom. The lowest BCUT2D eigenvalue weighted by Crippen LogP contribution is -2.40. The van der Waals surface area contributed by atoms with Gasteiger partial charge in [0.05, 0.1) is 6.54 Å².